The van der Waals surface area contributed by atoms with Gasteiger partial charge in [-0.15, -0.1) is 0 Å². The SMILES string of the molecule is COP(=O)(OC)OC(/C=C/c1ccccc1Br)P(=O)(OC)OC. The van der Waals surface area contributed by atoms with Crippen LogP contribution in [-0.4, -0.2) is 34.3 Å². The molecule has 1 unspecified atom stereocenters. The van der Waals surface area contributed by atoms with E-state index in [-0.39, 0.29) is 0 Å². The maximum atomic E-state index is 12.6. The maximum absolute atomic E-state index is 12.6. The van der Waals surface area contributed by atoms with Crippen molar-refractivity contribution in [2.24, 2.45) is 0 Å². The molecule has 0 spiro atoms. The monoisotopic (exact) mass is 428 g/mol. The summed E-state index contributed by atoms with van der Waals surface area (Å²) in [4.78, 5) is 0. The zero-order chi connectivity index (χ0) is 17.5. The second-order valence-electron chi connectivity index (χ2n) is 4.09. The molecule has 0 N–H and O–H groups in total. The molecule has 0 bridgehead atoms. The van der Waals surface area contributed by atoms with Gasteiger partial charge in [0.2, 0.25) is 0 Å². The average molecular weight is 429 g/mol. The van der Waals surface area contributed by atoms with Crippen molar-refractivity contribution in [1.29, 1.82) is 0 Å². The van der Waals surface area contributed by atoms with Crippen LogP contribution in [0.1, 0.15) is 5.56 Å². The van der Waals surface area contributed by atoms with E-state index >= 15 is 0 Å². The molecule has 1 atom stereocenters. The summed E-state index contributed by atoms with van der Waals surface area (Å²) >= 11 is 3.39. The van der Waals surface area contributed by atoms with Gasteiger partial charge in [0.05, 0.1) is 0 Å². The summed E-state index contributed by atoms with van der Waals surface area (Å²) in [5, 5.41) is 0. The lowest BCUT2D eigenvalue weighted by atomic mass is 10.2. The average Bonchev–Trinajstić information content (AvgIpc) is 2.58. The molecule has 0 aromatic heterocycles. The molecule has 130 valence electrons. The Morgan fingerprint density at radius 1 is 1.00 bits per heavy atom. The van der Waals surface area contributed by atoms with Gasteiger partial charge in [0.15, 0.2) is 5.85 Å². The second-order valence-corrected chi connectivity index (χ2v) is 9.10. The number of phosphoric ester groups is 1. The van der Waals surface area contributed by atoms with Gasteiger partial charge in [-0.25, -0.2) is 4.57 Å². The first-order chi connectivity index (χ1) is 10.8. The van der Waals surface area contributed by atoms with Crippen LogP contribution >= 0.6 is 31.3 Å². The highest BCUT2D eigenvalue weighted by Gasteiger charge is 2.40. The highest BCUT2D eigenvalue weighted by Crippen LogP contribution is 2.60. The van der Waals surface area contributed by atoms with E-state index in [9.17, 15) is 9.13 Å². The fourth-order valence-corrected chi connectivity index (χ4v) is 4.31. The van der Waals surface area contributed by atoms with Crippen molar-refractivity contribution in [3.05, 3.63) is 40.4 Å². The van der Waals surface area contributed by atoms with Gasteiger partial charge >= 0.3 is 15.4 Å². The molecule has 0 aliphatic heterocycles. The van der Waals surface area contributed by atoms with Crippen LogP contribution in [0.2, 0.25) is 0 Å². The van der Waals surface area contributed by atoms with Gasteiger partial charge in [0.1, 0.15) is 0 Å². The summed E-state index contributed by atoms with van der Waals surface area (Å²) in [6.07, 6.45) is 3.05. The summed E-state index contributed by atoms with van der Waals surface area (Å²) in [5.41, 5.74) is 0.796. The molecule has 1 rings (SSSR count). The third-order valence-electron chi connectivity index (χ3n) is 2.85. The zero-order valence-electron chi connectivity index (χ0n) is 13.2. The fourth-order valence-electron chi connectivity index (χ4n) is 1.57. The molecular weight excluding hydrogens is 410 g/mol. The minimum absolute atomic E-state index is 0.796. The molecule has 0 saturated carbocycles. The quantitative estimate of drug-likeness (QED) is 0.527. The van der Waals surface area contributed by atoms with E-state index in [0.29, 0.717) is 0 Å². The van der Waals surface area contributed by atoms with Gasteiger partial charge in [0, 0.05) is 32.9 Å². The Hall–Kier alpha value is -0.300. The van der Waals surface area contributed by atoms with Crippen molar-refractivity contribution >= 4 is 37.4 Å². The smallest absolute Gasteiger partial charge is 0.310 e. The van der Waals surface area contributed by atoms with Crippen LogP contribution in [0.25, 0.3) is 6.08 Å². The van der Waals surface area contributed by atoms with Crippen LogP contribution in [-0.2, 0) is 31.7 Å². The Morgan fingerprint density at radius 3 is 2.04 bits per heavy atom. The molecule has 1 aromatic rings. The fraction of sp³-hybridized carbons (Fsp3) is 0.385. The van der Waals surface area contributed by atoms with Crippen molar-refractivity contribution in [1.82, 2.24) is 0 Å². The third-order valence-corrected chi connectivity index (χ3v) is 7.04. The highest BCUT2D eigenvalue weighted by molar-refractivity contribution is 9.10. The number of benzene rings is 1. The Kier molecular flexibility index (Phi) is 8.35. The molecule has 0 amide bonds. The minimum atomic E-state index is -3.89. The minimum Gasteiger partial charge on any atom is -0.310 e. The molecule has 0 saturated heterocycles. The van der Waals surface area contributed by atoms with E-state index < -0.39 is 21.3 Å². The van der Waals surface area contributed by atoms with Crippen LogP contribution in [0.4, 0.5) is 0 Å². The van der Waals surface area contributed by atoms with Gasteiger partial charge in [-0.3, -0.25) is 18.1 Å². The lowest BCUT2D eigenvalue weighted by molar-refractivity contribution is 0.133. The molecular formula is C13H19BrO7P2. The van der Waals surface area contributed by atoms with Crippen LogP contribution in [0.3, 0.4) is 0 Å². The molecule has 0 radical (unpaired) electrons. The van der Waals surface area contributed by atoms with Crippen LogP contribution in [0.15, 0.2) is 34.8 Å². The first kappa shape index (κ1) is 20.7. The molecule has 23 heavy (non-hydrogen) atoms. The maximum Gasteiger partial charge on any atom is 0.475 e. The Bertz CT molecular complexity index is 619. The van der Waals surface area contributed by atoms with Crippen molar-refractivity contribution in [3.8, 4) is 0 Å². The summed E-state index contributed by atoms with van der Waals surface area (Å²) in [6, 6.07) is 7.36. The van der Waals surface area contributed by atoms with Crippen LogP contribution in [0.5, 0.6) is 0 Å². The standard InChI is InChI=1S/C13H19BrO7P2/c1-17-22(15,18-2)13(21-23(16,19-3)20-4)10-9-11-7-5-6-8-12(11)14/h5-10,13H,1-4H3/b10-9+. The largest absolute Gasteiger partial charge is 0.475 e. The van der Waals surface area contributed by atoms with E-state index in [2.05, 4.69) is 15.9 Å². The predicted octanol–water partition coefficient (Wildman–Crippen LogP) is 4.69. The van der Waals surface area contributed by atoms with Crippen molar-refractivity contribution in [2.45, 2.75) is 5.85 Å². The van der Waals surface area contributed by atoms with E-state index in [4.69, 9.17) is 22.6 Å². The molecule has 0 fully saturated rings. The topological polar surface area (TPSA) is 80.3 Å². The van der Waals surface area contributed by atoms with Gasteiger partial charge in [-0.1, -0.05) is 40.2 Å². The third kappa shape index (κ3) is 5.62. The lowest BCUT2D eigenvalue weighted by Crippen LogP contribution is -2.13. The predicted molar refractivity (Wildman–Crippen MR) is 91.3 cm³/mol. The molecule has 0 aliphatic carbocycles. The number of halogens is 1. The molecule has 7 nitrogen and oxygen atoms in total. The van der Waals surface area contributed by atoms with E-state index in [1.807, 2.05) is 24.3 Å². The normalized spacial score (nSPS) is 14.3. The van der Waals surface area contributed by atoms with E-state index in [0.717, 1.165) is 24.3 Å². The number of phosphoric acid groups is 1. The van der Waals surface area contributed by atoms with Crippen molar-refractivity contribution in [2.75, 3.05) is 28.4 Å². The van der Waals surface area contributed by atoms with E-state index in [1.54, 1.807) is 6.08 Å². The molecule has 0 aliphatic rings. The molecule has 10 heteroatoms. The number of hydrogen-bond acceptors (Lipinski definition) is 7. The Balaban J connectivity index is 3.17. The molecule has 0 heterocycles. The zero-order valence-corrected chi connectivity index (χ0v) is 16.5. The summed E-state index contributed by atoms with van der Waals surface area (Å²) < 4.78 is 50.1. The van der Waals surface area contributed by atoms with Gasteiger partial charge < -0.3 is 9.05 Å². The Morgan fingerprint density at radius 2 is 1.57 bits per heavy atom. The van der Waals surface area contributed by atoms with Gasteiger partial charge in [-0.05, 0) is 17.7 Å². The highest BCUT2D eigenvalue weighted by atomic mass is 79.9. The van der Waals surface area contributed by atoms with Crippen molar-refractivity contribution < 1.29 is 31.7 Å². The summed E-state index contributed by atoms with van der Waals surface area (Å²) in [6.45, 7) is 0. The van der Waals surface area contributed by atoms with Crippen LogP contribution in [0, 0.1) is 0 Å². The van der Waals surface area contributed by atoms with Gasteiger partial charge in [-0.2, -0.15) is 0 Å². The Labute approximate surface area is 144 Å². The summed E-state index contributed by atoms with van der Waals surface area (Å²) in [7, 11) is -2.89. The van der Waals surface area contributed by atoms with E-state index in [1.165, 1.54) is 20.3 Å². The number of rotatable bonds is 9. The summed E-state index contributed by atoms with van der Waals surface area (Å²) in [5.74, 6) is -1.28. The van der Waals surface area contributed by atoms with Gasteiger partial charge in [0.25, 0.3) is 0 Å². The molecule has 1 aromatic carbocycles. The lowest BCUT2D eigenvalue weighted by Gasteiger charge is -2.24. The first-order valence-corrected chi connectivity index (χ1v) is 10.2. The second kappa shape index (κ2) is 9.25. The van der Waals surface area contributed by atoms with Crippen molar-refractivity contribution in [3.63, 3.8) is 0 Å². The first-order valence-electron chi connectivity index (χ1n) is 6.38. The van der Waals surface area contributed by atoms with Crippen LogP contribution < -0.4 is 0 Å². The number of hydrogen-bond donors (Lipinski definition) is 0.